The van der Waals surface area contributed by atoms with Crippen molar-refractivity contribution in [1.29, 1.82) is 0 Å². The first kappa shape index (κ1) is 18.8. The Balaban J connectivity index is 1.76. The highest BCUT2D eigenvalue weighted by Gasteiger charge is 2.32. The Morgan fingerprint density at radius 1 is 1.21 bits per heavy atom. The molecule has 7 heteroatoms. The van der Waals surface area contributed by atoms with Crippen molar-refractivity contribution < 1.29 is 13.5 Å². The number of pyridine rings is 1. The van der Waals surface area contributed by atoms with Crippen LogP contribution in [0.15, 0.2) is 47.6 Å². The van der Waals surface area contributed by atoms with Gasteiger partial charge < -0.3 is 10.5 Å². The topological polar surface area (TPSA) is 60.5 Å². The lowest BCUT2D eigenvalue weighted by Crippen LogP contribution is -2.38. The predicted octanol–water partition coefficient (Wildman–Crippen LogP) is 4.36. The van der Waals surface area contributed by atoms with Crippen LogP contribution in [0.4, 0.5) is 8.78 Å². The summed E-state index contributed by atoms with van der Waals surface area (Å²) in [5.41, 5.74) is 7.44. The van der Waals surface area contributed by atoms with E-state index in [-0.39, 0.29) is 24.8 Å². The minimum Gasteiger partial charge on any atom is -0.386 e. The summed E-state index contributed by atoms with van der Waals surface area (Å²) in [6.45, 7) is 2.25. The maximum atomic E-state index is 14.6. The monoisotopic (exact) mass is 401 g/mol. The third-order valence-electron chi connectivity index (χ3n) is 4.82. The van der Waals surface area contributed by atoms with E-state index in [9.17, 15) is 8.78 Å². The first-order valence-electron chi connectivity index (χ1n) is 8.78. The largest absolute Gasteiger partial charge is 0.386 e. The van der Waals surface area contributed by atoms with Gasteiger partial charge in [0.1, 0.15) is 29.6 Å². The number of halogens is 3. The fraction of sp³-hybridized carbons (Fsp3) is 0.238. The van der Waals surface area contributed by atoms with Gasteiger partial charge >= 0.3 is 0 Å². The Hall–Kier alpha value is -2.57. The molecule has 1 atom stereocenters. The summed E-state index contributed by atoms with van der Waals surface area (Å²) < 4.78 is 34.1. The fourth-order valence-corrected chi connectivity index (χ4v) is 3.75. The molecule has 2 aromatic carbocycles. The second-order valence-corrected chi connectivity index (χ2v) is 7.59. The van der Waals surface area contributed by atoms with Crippen LogP contribution in [0.5, 0.6) is 0 Å². The molecule has 0 unspecified atom stereocenters. The highest BCUT2D eigenvalue weighted by atomic mass is 35.5. The molecule has 0 fully saturated rings. The van der Waals surface area contributed by atoms with Gasteiger partial charge in [-0.1, -0.05) is 23.7 Å². The maximum absolute atomic E-state index is 14.6. The highest BCUT2D eigenvalue weighted by molar-refractivity contribution is 6.31. The van der Waals surface area contributed by atoms with Crippen LogP contribution in [0, 0.1) is 11.6 Å². The van der Waals surface area contributed by atoms with Crippen molar-refractivity contribution in [3.8, 4) is 0 Å². The quantitative estimate of drug-likeness (QED) is 0.709. The molecule has 0 saturated carbocycles. The summed E-state index contributed by atoms with van der Waals surface area (Å²) >= 11 is 5.97. The number of fused-ring (bicyclic) bond motifs is 1. The summed E-state index contributed by atoms with van der Waals surface area (Å²) in [5, 5.41) is 1.06. The van der Waals surface area contributed by atoms with E-state index in [0.29, 0.717) is 39.3 Å². The molecule has 1 aromatic heterocycles. The molecular weight excluding hydrogens is 384 g/mol. The second kappa shape index (κ2) is 7.11. The Bertz CT molecular complexity index is 1100. The second-order valence-electron chi connectivity index (χ2n) is 7.15. The lowest BCUT2D eigenvalue weighted by Gasteiger charge is -2.30. The van der Waals surface area contributed by atoms with E-state index in [1.165, 1.54) is 24.4 Å². The molecule has 3 aromatic rings. The van der Waals surface area contributed by atoms with Crippen LogP contribution < -0.4 is 5.73 Å². The lowest BCUT2D eigenvalue weighted by atomic mass is 9.89. The van der Waals surface area contributed by atoms with Crippen molar-refractivity contribution in [2.45, 2.75) is 18.9 Å². The number of nitrogens with two attached hydrogens (primary N) is 1. The van der Waals surface area contributed by atoms with Gasteiger partial charge in [-0.3, -0.25) is 9.98 Å². The van der Waals surface area contributed by atoms with E-state index in [0.717, 1.165) is 5.56 Å². The molecule has 4 rings (SSSR count). The van der Waals surface area contributed by atoms with Crippen LogP contribution in [0.2, 0.25) is 5.02 Å². The van der Waals surface area contributed by atoms with Gasteiger partial charge in [-0.15, -0.1) is 0 Å². The molecule has 1 aliphatic rings. The molecule has 0 saturated heterocycles. The molecule has 28 heavy (non-hydrogen) atoms. The zero-order valence-corrected chi connectivity index (χ0v) is 15.9. The summed E-state index contributed by atoms with van der Waals surface area (Å²) in [4.78, 5) is 8.75. The maximum Gasteiger partial charge on any atom is 0.128 e. The van der Waals surface area contributed by atoms with Crippen LogP contribution in [0.25, 0.3) is 10.9 Å². The van der Waals surface area contributed by atoms with E-state index in [4.69, 9.17) is 22.1 Å². The number of benzene rings is 2. The molecule has 0 spiro atoms. The average molecular weight is 402 g/mol. The smallest absolute Gasteiger partial charge is 0.128 e. The summed E-state index contributed by atoms with van der Waals surface area (Å²) in [5.74, 6) is -0.433. The molecular formula is C21H18ClF2N3O. The Labute approximate surface area is 166 Å². The average Bonchev–Trinajstić information content (AvgIpc) is 2.62. The molecule has 0 bridgehead atoms. The van der Waals surface area contributed by atoms with Gasteiger partial charge in [-0.2, -0.15) is 0 Å². The summed E-state index contributed by atoms with van der Waals surface area (Å²) in [6, 6.07) is 9.30. The number of rotatable bonds is 3. The number of aliphatic imine (C=N–C) groups is 1. The first-order chi connectivity index (χ1) is 13.3. The van der Waals surface area contributed by atoms with Gasteiger partial charge in [-0.25, -0.2) is 8.78 Å². The van der Waals surface area contributed by atoms with Gasteiger partial charge in [-0.05, 0) is 48.7 Å². The van der Waals surface area contributed by atoms with Crippen molar-refractivity contribution >= 4 is 28.3 Å². The fourth-order valence-electron chi connectivity index (χ4n) is 3.58. The molecule has 0 radical (unpaired) electrons. The van der Waals surface area contributed by atoms with Crippen molar-refractivity contribution in [3.05, 3.63) is 75.9 Å². The van der Waals surface area contributed by atoms with E-state index in [1.807, 2.05) is 0 Å². The summed E-state index contributed by atoms with van der Waals surface area (Å²) in [7, 11) is 0. The van der Waals surface area contributed by atoms with Crippen LogP contribution in [-0.2, 0) is 16.7 Å². The number of hydrogen-bond donors (Lipinski definition) is 1. The van der Waals surface area contributed by atoms with Gasteiger partial charge in [0.2, 0.25) is 0 Å². The minimum atomic E-state index is -0.905. The van der Waals surface area contributed by atoms with Gasteiger partial charge in [0.15, 0.2) is 0 Å². The Morgan fingerprint density at radius 3 is 2.82 bits per heavy atom. The molecule has 0 aliphatic carbocycles. The third-order valence-corrected chi connectivity index (χ3v) is 5.03. The van der Waals surface area contributed by atoms with Crippen LogP contribution in [0.3, 0.4) is 0 Å². The highest BCUT2D eigenvalue weighted by Crippen LogP contribution is 2.32. The van der Waals surface area contributed by atoms with E-state index in [2.05, 4.69) is 9.98 Å². The summed E-state index contributed by atoms with van der Waals surface area (Å²) in [6.07, 6.45) is 1.91. The molecule has 0 amide bonds. The van der Waals surface area contributed by atoms with Crippen molar-refractivity contribution in [2.75, 3.05) is 13.2 Å². The van der Waals surface area contributed by atoms with Crippen LogP contribution >= 0.6 is 11.6 Å². The third kappa shape index (κ3) is 3.57. The number of amidine groups is 1. The minimum absolute atomic E-state index is 0.233. The van der Waals surface area contributed by atoms with Crippen molar-refractivity contribution in [2.24, 2.45) is 10.7 Å². The number of nitrogens with zero attached hydrogens (tertiary/aromatic N) is 2. The van der Waals surface area contributed by atoms with Crippen LogP contribution in [0.1, 0.15) is 23.6 Å². The van der Waals surface area contributed by atoms with Crippen LogP contribution in [-0.4, -0.2) is 24.0 Å². The number of ether oxygens (including phenoxy) is 1. The van der Waals surface area contributed by atoms with Gasteiger partial charge in [0, 0.05) is 17.1 Å². The lowest BCUT2D eigenvalue weighted by molar-refractivity contribution is 0.104. The zero-order chi connectivity index (χ0) is 19.9. The standard InChI is InChI=1S/C21H18ClF2N3O/c1-21(11-28-10-19(25)27-21)17-5-12(2-3-18(17)24)4-13-7-16(23)8-14-6-15(22)9-26-20(13)14/h2-3,5-9H,4,10-11H2,1H3,(H2,25,27)/t21-/m0/s1. The molecule has 1 aliphatic heterocycles. The molecule has 144 valence electrons. The van der Waals surface area contributed by atoms with Gasteiger partial charge in [0.25, 0.3) is 0 Å². The first-order valence-corrected chi connectivity index (χ1v) is 9.16. The Morgan fingerprint density at radius 2 is 2.04 bits per heavy atom. The van der Waals surface area contributed by atoms with E-state index in [1.54, 1.807) is 25.1 Å². The van der Waals surface area contributed by atoms with E-state index < -0.39 is 5.54 Å². The molecule has 4 nitrogen and oxygen atoms in total. The molecule has 2 heterocycles. The Kier molecular flexibility index (Phi) is 4.77. The predicted molar refractivity (Wildman–Crippen MR) is 106 cm³/mol. The SMILES string of the molecule is C[C@@]1(c2cc(Cc3cc(F)cc4cc(Cl)cnc34)ccc2F)COCC(N)=N1. The van der Waals surface area contributed by atoms with Crippen molar-refractivity contribution in [1.82, 2.24) is 4.98 Å². The number of aromatic nitrogens is 1. The zero-order valence-electron chi connectivity index (χ0n) is 15.2. The van der Waals surface area contributed by atoms with Crippen molar-refractivity contribution in [3.63, 3.8) is 0 Å². The van der Waals surface area contributed by atoms with Gasteiger partial charge in [0.05, 0.1) is 17.1 Å². The molecule has 2 N–H and O–H groups in total. The normalized spacial score (nSPS) is 19.6. The van der Waals surface area contributed by atoms with E-state index >= 15 is 0 Å². The number of hydrogen-bond acceptors (Lipinski definition) is 4.